The number of nitro benzene ring substituents is 1. The summed E-state index contributed by atoms with van der Waals surface area (Å²) in [6.07, 6.45) is 0. The van der Waals surface area contributed by atoms with E-state index in [9.17, 15) is 10.1 Å². The predicted molar refractivity (Wildman–Crippen MR) is 65.8 cm³/mol. The molecular formula is C8H3BrClN3O3S. The molecule has 0 aliphatic heterocycles. The summed E-state index contributed by atoms with van der Waals surface area (Å²) in [5.74, 6) is 0.120. The molecular weight excluding hydrogens is 334 g/mol. The van der Waals surface area contributed by atoms with Gasteiger partial charge < -0.3 is 4.74 Å². The van der Waals surface area contributed by atoms with Crippen molar-refractivity contribution in [1.82, 2.24) is 8.75 Å². The fourth-order valence-electron chi connectivity index (χ4n) is 1.05. The molecule has 0 N–H and O–H groups in total. The first-order valence-electron chi connectivity index (χ1n) is 4.18. The molecule has 1 aromatic carbocycles. The topological polar surface area (TPSA) is 78.2 Å². The molecule has 0 amide bonds. The molecule has 0 bridgehead atoms. The van der Waals surface area contributed by atoms with Gasteiger partial charge in [0.2, 0.25) is 10.9 Å². The second-order valence-corrected chi connectivity index (χ2v) is 4.63. The van der Waals surface area contributed by atoms with Crippen molar-refractivity contribution in [2.24, 2.45) is 0 Å². The molecule has 0 saturated heterocycles. The summed E-state index contributed by atoms with van der Waals surface area (Å²) in [6.45, 7) is 0. The lowest BCUT2D eigenvalue weighted by Gasteiger charge is -2.03. The standard InChI is InChI=1S/C8H3BrClN3O3S/c9-4-1-2-6(5(3-4)13(14)15)16-8-7(10)11-17-12-8/h1-3H. The van der Waals surface area contributed by atoms with Crippen LogP contribution in [0.4, 0.5) is 5.69 Å². The molecule has 88 valence electrons. The fraction of sp³-hybridized carbons (Fsp3) is 0. The predicted octanol–water partition coefficient (Wildman–Crippen LogP) is 3.65. The highest BCUT2D eigenvalue weighted by Crippen LogP contribution is 2.35. The zero-order chi connectivity index (χ0) is 12.4. The van der Waals surface area contributed by atoms with Gasteiger partial charge in [0.05, 0.1) is 16.7 Å². The molecule has 17 heavy (non-hydrogen) atoms. The van der Waals surface area contributed by atoms with Crippen LogP contribution in [0.2, 0.25) is 5.15 Å². The Morgan fingerprint density at radius 2 is 2.24 bits per heavy atom. The van der Waals surface area contributed by atoms with E-state index < -0.39 is 4.92 Å². The lowest BCUT2D eigenvalue weighted by Crippen LogP contribution is -1.93. The smallest absolute Gasteiger partial charge is 0.312 e. The molecule has 1 aromatic heterocycles. The number of hydrogen-bond donors (Lipinski definition) is 0. The van der Waals surface area contributed by atoms with Crippen LogP contribution in [-0.4, -0.2) is 13.7 Å². The molecule has 0 spiro atoms. The number of halogens is 2. The first-order chi connectivity index (χ1) is 8.08. The van der Waals surface area contributed by atoms with Crippen molar-refractivity contribution in [3.05, 3.63) is 37.9 Å². The normalized spacial score (nSPS) is 10.2. The molecule has 9 heteroatoms. The van der Waals surface area contributed by atoms with Gasteiger partial charge in [-0.15, -0.1) is 4.37 Å². The van der Waals surface area contributed by atoms with Crippen molar-refractivity contribution >= 4 is 44.9 Å². The van der Waals surface area contributed by atoms with E-state index in [1.165, 1.54) is 12.1 Å². The summed E-state index contributed by atoms with van der Waals surface area (Å²) in [4.78, 5) is 10.3. The first kappa shape index (κ1) is 12.2. The Kier molecular flexibility index (Phi) is 3.55. The van der Waals surface area contributed by atoms with Gasteiger partial charge in [0, 0.05) is 10.5 Å². The second kappa shape index (κ2) is 4.94. The summed E-state index contributed by atoms with van der Waals surface area (Å²) in [6, 6.07) is 4.41. The highest BCUT2D eigenvalue weighted by atomic mass is 79.9. The van der Waals surface area contributed by atoms with Crippen molar-refractivity contribution in [3.8, 4) is 11.6 Å². The molecule has 0 unspecified atom stereocenters. The van der Waals surface area contributed by atoms with Gasteiger partial charge >= 0.3 is 5.69 Å². The third kappa shape index (κ3) is 2.71. The maximum Gasteiger partial charge on any atom is 0.312 e. The zero-order valence-corrected chi connectivity index (χ0v) is 11.1. The number of ether oxygens (including phenoxy) is 1. The van der Waals surface area contributed by atoms with Gasteiger partial charge in [0.15, 0.2) is 0 Å². The molecule has 0 saturated carbocycles. The minimum absolute atomic E-state index is 0.0575. The van der Waals surface area contributed by atoms with Gasteiger partial charge in [-0.25, -0.2) is 0 Å². The molecule has 2 rings (SSSR count). The van der Waals surface area contributed by atoms with Crippen LogP contribution < -0.4 is 4.74 Å². The van der Waals surface area contributed by atoms with E-state index in [4.69, 9.17) is 16.3 Å². The van der Waals surface area contributed by atoms with E-state index in [0.717, 1.165) is 11.7 Å². The van der Waals surface area contributed by atoms with E-state index in [1.807, 2.05) is 0 Å². The molecule has 0 radical (unpaired) electrons. The Balaban J connectivity index is 2.39. The fourth-order valence-corrected chi connectivity index (χ4v) is 2.02. The van der Waals surface area contributed by atoms with Gasteiger partial charge in [-0.05, 0) is 12.1 Å². The highest BCUT2D eigenvalue weighted by molar-refractivity contribution is 9.10. The number of hydrogen-bond acceptors (Lipinski definition) is 6. The number of rotatable bonds is 3. The SMILES string of the molecule is O=[N+]([O-])c1cc(Br)ccc1Oc1nsnc1Cl. The van der Waals surface area contributed by atoms with Crippen LogP contribution in [0.15, 0.2) is 22.7 Å². The number of nitro groups is 1. The van der Waals surface area contributed by atoms with Crippen molar-refractivity contribution in [2.75, 3.05) is 0 Å². The zero-order valence-electron chi connectivity index (χ0n) is 7.96. The Bertz CT molecular complexity index is 577. The number of aromatic nitrogens is 2. The summed E-state index contributed by atoms with van der Waals surface area (Å²) < 4.78 is 13.3. The van der Waals surface area contributed by atoms with Gasteiger partial charge in [0.25, 0.3) is 5.88 Å². The van der Waals surface area contributed by atoms with E-state index >= 15 is 0 Å². The van der Waals surface area contributed by atoms with Crippen LogP contribution >= 0.6 is 39.3 Å². The van der Waals surface area contributed by atoms with Crippen LogP contribution in [0.3, 0.4) is 0 Å². The second-order valence-electron chi connectivity index (χ2n) is 2.83. The van der Waals surface area contributed by atoms with E-state index in [-0.39, 0.29) is 22.5 Å². The van der Waals surface area contributed by atoms with Gasteiger partial charge in [0.1, 0.15) is 0 Å². The van der Waals surface area contributed by atoms with E-state index in [1.54, 1.807) is 6.07 Å². The van der Waals surface area contributed by atoms with Crippen molar-refractivity contribution in [2.45, 2.75) is 0 Å². The van der Waals surface area contributed by atoms with Gasteiger partial charge in [-0.3, -0.25) is 10.1 Å². The molecule has 0 atom stereocenters. The Hall–Kier alpha value is -1.25. The maximum absolute atomic E-state index is 10.8. The molecule has 0 fully saturated rings. The third-order valence-electron chi connectivity index (χ3n) is 1.75. The van der Waals surface area contributed by atoms with Gasteiger partial charge in [-0.1, -0.05) is 27.5 Å². The lowest BCUT2D eigenvalue weighted by molar-refractivity contribution is -0.385. The molecule has 6 nitrogen and oxygen atoms in total. The molecule has 2 aromatic rings. The molecule has 1 heterocycles. The van der Waals surface area contributed by atoms with Crippen LogP contribution in [0.25, 0.3) is 0 Å². The third-order valence-corrected chi connectivity index (χ3v) is 3.10. The summed E-state index contributed by atoms with van der Waals surface area (Å²) in [7, 11) is 0. The summed E-state index contributed by atoms with van der Waals surface area (Å²) in [5.41, 5.74) is -0.177. The Labute approximate surface area is 113 Å². The minimum atomic E-state index is -0.548. The number of nitrogens with zero attached hydrogens (tertiary/aromatic N) is 3. The highest BCUT2D eigenvalue weighted by Gasteiger charge is 2.18. The van der Waals surface area contributed by atoms with Crippen LogP contribution in [0.1, 0.15) is 0 Å². The number of benzene rings is 1. The largest absolute Gasteiger partial charge is 0.428 e. The molecule has 0 aliphatic rings. The lowest BCUT2D eigenvalue weighted by atomic mass is 10.3. The van der Waals surface area contributed by atoms with E-state index in [2.05, 4.69) is 24.7 Å². The van der Waals surface area contributed by atoms with Crippen LogP contribution in [-0.2, 0) is 0 Å². The minimum Gasteiger partial charge on any atom is -0.428 e. The van der Waals surface area contributed by atoms with Crippen molar-refractivity contribution < 1.29 is 9.66 Å². The molecule has 0 aliphatic carbocycles. The Morgan fingerprint density at radius 3 is 2.82 bits per heavy atom. The van der Waals surface area contributed by atoms with Crippen molar-refractivity contribution in [1.29, 1.82) is 0 Å². The summed E-state index contributed by atoms with van der Waals surface area (Å²) >= 11 is 9.70. The Morgan fingerprint density at radius 1 is 1.47 bits per heavy atom. The van der Waals surface area contributed by atoms with Crippen LogP contribution in [0.5, 0.6) is 11.6 Å². The maximum atomic E-state index is 10.8. The monoisotopic (exact) mass is 335 g/mol. The van der Waals surface area contributed by atoms with Gasteiger partial charge in [-0.2, -0.15) is 4.37 Å². The first-order valence-corrected chi connectivity index (χ1v) is 6.08. The quantitative estimate of drug-likeness (QED) is 0.631. The summed E-state index contributed by atoms with van der Waals surface area (Å²) in [5, 5.41) is 10.9. The average Bonchev–Trinajstić information content (AvgIpc) is 2.67. The van der Waals surface area contributed by atoms with E-state index in [0.29, 0.717) is 4.47 Å². The average molecular weight is 337 g/mol. The van der Waals surface area contributed by atoms with Crippen LogP contribution in [0, 0.1) is 10.1 Å². The van der Waals surface area contributed by atoms with Crippen molar-refractivity contribution in [3.63, 3.8) is 0 Å².